The maximum absolute atomic E-state index is 9.02. The second-order valence-electron chi connectivity index (χ2n) is 4.26. The molecule has 1 aromatic heterocycles. The van der Waals surface area contributed by atoms with Crippen LogP contribution in [0, 0.1) is 11.3 Å². The van der Waals surface area contributed by atoms with Gasteiger partial charge in [0, 0.05) is 12.1 Å². The lowest BCUT2D eigenvalue weighted by Crippen LogP contribution is -2.35. The molecule has 0 spiro atoms. The second-order valence-corrected chi connectivity index (χ2v) is 4.26. The third-order valence-corrected chi connectivity index (χ3v) is 2.91. The van der Waals surface area contributed by atoms with Crippen LogP contribution in [-0.2, 0) is 0 Å². The first-order chi connectivity index (χ1) is 8.04. The van der Waals surface area contributed by atoms with Gasteiger partial charge < -0.3 is 16.2 Å². The minimum atomic E-state index is -0.232. The van der Waals surface area contributed by atoms with Crippen LogP contribution < -0.4 is 11.1 Å². The summed E-state index contributed by atoms with van der Waals surface area (Å²) in [6.45, 7) is 4.15. The van der Waals surface area contributed by atoms with E-state index in [9.17, 15) is 0 Å². The maximum atomic E-state index is 9.02. The molecule has 1 heterocycles. The van der Waals surface area contributed by atoms with Crippen molar-refractivity contribution >= 4 is 11.5 Å². The largest absolute Gasteiger partial charge is 0.396 e. The van der Waals surface area contributed by atoms with Gasteiger partial charge in [0.15, 0.2) is 5.69 Å². The zero-order valence-electron chi connectivity index (χ0n) is 10.2. The van der Waals surface area contributed by atoms with Crippen LogP contribution in [0.15, 0.2) is 12.1 Å². The van der Waals surface area contributed by atoms with Crippen LogP contribution >= 0.6 is 0 Å². The van der Waals surface area contributed by atoms with Crippen molar-refractivity contribution in [3.63, 3.8) is 0 Å². The van der Waals surface area contributed by atoms with E-state index in [1.54, 1.807) is 12.1 Å². The molecule has 0 amide bonds. The molecule has 0 aliphatic heterocycles. The van der Waals surface area contributed by atoms with E-state index < -0.39 is 0 Å². The number of nitrogens with zero attached hydrogens (tertiary/aromatic N) is 2. The molecule has 0 radical (unpaired) electrons. The molecule has 1 atom stereocenters. The zero-order chi connectivity index (χ0) is 12.9. The van der Waals surface area contributed by atoms with E-state index in [1.807, 2.05) is 19.9 Å². The molecule has 0 saturated carbocycles. The monoisotopic (exact) mass is 234 g/mol. The Labute approximate surface area is 101 Å². The predicted molar refractivity (Wildman–Crippen MR) is 67.4 cm³/mol. The number of anilines is 2. The Balaban J connectivity index is 2.91. The Bertz CT molecular complexity index is 427. The van der Waals surface area contributed by atoms with Crippen molar-refractivity contribution in [1.82, 2.24) is 4.98 Å². The lowest BCUT2D eigenvalue weighted by atomic mass is 9.95. The molecule has 1 aromatic rings. The molecule has 0 aliphatic carbocycles. The molecule has 0 fully saturated rings. The number of hydrogen-bond acceptors (Lipinski definition) is 5. The zero-order valence-corrected chi connectivity index (χ0v) is 10.2. The van der Waals surface area contributed by atoms with E-state index in [1.165, 1.54) is 0 Å². The number of nitrogens with two attached hydrogens (primary N) is 1. The fraction of sp³-hybridized carbons (Fsp3) is 0.500. The van der Waals surface area contributed by atoms with Crippen LogP contribution in [0.25, 0.3) is 0 Å². The quantitative estimate of drug-likeness (QED) is 0.717. The van der Waals surface area contributed by atoms with Gasteiger partial charge in [-0.1, -0.05) is 6.92 Å². The highest BCUT2D eigenvalue weighted by Gasteiger charge is 2.21. The molecule has 0 aliphatic rings. The molecule has 1 unspecified atom stereocenters. The number of nitrogen functional groups attached to an aromatic ring is 1. The number of aromatic nitrogens is 1. The number of aliphatic hydroxyl groups is 1. The summed E-state index contributed by atoms with van der Waals surface area (Å²) in [4.78, 5) is 4.13. The van der Waals surface area contributed by atoms with Crippen LogP contribution in [-0.4, -0.2) is 22.2 Å². The van der Waals surface area contributed by atoms with Gasteiger partial charge in [0.05, 0.1) is 5.69 Å². The van der Waals surface area contributed by atoms with E-state index in [0.717, 1.165) is 6.42 Å². The van der Waals surface area contributed by atoms with E-state index in [0.29, 0.717) is 17.9 Å². The number of nitriles is 1. The number of rotatable bonds is 5. The Morgan fingerprint density at radius 1 is 1.59 bits per heavy atom. The number of hydrogen-bond donors (Lipinski definition) is 3. The average Bonchev–Trinajstić information content (AvgIpc) is 2.32. The molecular weight excluding hydrogens is 216 g/mol. The van der Waals surface area contributed by atoms with Gasteiger partial charge in [0.1, 0.15) is 11.9 Å². The first kappa shape index (κ1) is 13.3. The van der Waals surface area contributed by atoms with Gasteiger partial charge in [-0.05, 0) is 31.9 Å². The van der Waals surface area contributed by atoms with Crippen molar-refractivity contribution < 1.29 is 5.11 Å². The van der Waals surface area contributed by atoms with Crippen molar-refractivity contribution in [3.8, 4) is 6.07 Å². The van der Waals surface area contributed by atoms with Gasteiger partial charge in [0.25, 0.3) is 0 Å². The highest BCUT2D eigenvalue weighted by molar-refractivity contribution is 5.55. The summed E-state index contributed by atoms with van der Waals surface area (Å²) in [5.74, 6) is 0.605. The molecular formula is C12H18N4O. The van der Waals surface area contributed by atoms with Crippen LogP contribution in [0.3, 0.4) is 0 Å². The van der Waals surface area contributed by atoms with Gasteiger partial charge in [-0.15, -0.1) is 0 Å². The van der Waals surface area contributed by atoms with E-state index in [2.05, 4.69) is 10.3 Å². The highest BCUT2D eigenvalue weighted by atomic mass is 16.3. The van der Waals surface area contributed by atoms with Gasteiger partial charge in [-0.25, -0.2) is 4.98 Å². The molecule has 0 bridgehead atoms. The maximum Gasteiger partial charge on any atom is 0.165 e. The van der Waals surface area contributed by atoms with Crippen molar-refractivity contribution in [1.29, 1.82) is 5.26 Å². The van der Waals surface area contributed by atoms with Crippen LogP contribution in [0.5, 0.6) is 0 Å². The van der Waals surface area contributed by atoms with E-state index in [4.69, 9.17) is 16.1 Å². The highest BCUT2D eigenvalue weighted by Crippen LogP contribution is 2.21. The molecule has 5 heteroatoms. The summed E-state index contributed by atoms with van der Waals surface area (Å²) in [6, 6.07) is 5.34. The Morgan fingerprint density at radius 3 is 2.82 bits per heavy atom. The Morgan fingerprint density at radius 2 is 2.29 bits per heavy atom. The van der Waals surface area contributed by atoms with Crippen molar-refractivity contribution in [3.05, 3.63) is 17.8 Å². The van der Waals surface area contributed by atoms with Gasteiger partial charge in [0.2, 0.25) is 0 Å². The summed E-state index contributed by atoms with van der Waals surface area (Å²) < 4.78 is 0. The fourth-order valence-electron chi connectivity index (χ4n) is 1.51. The number of aliphatic hydroxyl groups excluding tert-OH is 1. The minimum Gasteiger partial charge on any atom is -0.396 e. The third kappa shape index (κ3) is 3.33. The average molecular weight is 234 g/mol. The van der Waals surface area contributed by atoms with Crippen LogP contribution in [0.2, 0.25) is 0 Å². The lowest BCUT2D eigenvalue weighted by molar-refractivity contribution is 0.252. The van der Waals surface area contributed by atoms with Crippen molar-refractivity contribution in [2.45, 2.75) is 32.2 Å². The standard InChI is InChI=1S/C12H18N4O/c1-3-12(2,6-7-17)16-11-5-4-9(14)10(8-13)15-11/h4-5,17H,3,6-7,14H2,1-2H3,(H,15,16). The molecule has 0 saturated heterocycles. The summed E-state index contributed by atoms with van der Waals surface area (Å²) in [5, 5.41) is 21.1. The summed E-state index contributed by atoms with van der Waals surface area (Å²) in [7, 11) is 0. The molecule has 17 heavy (non-hydrogen) atoms. The van der Waals surface area contributed by atoms with Gasteiger partial charge >= 0.3 is 0 Å². The van der Waals surface area contributed by atoms with Crippen molar-refractivity contribution in [2.24, 2.45) is 0 Å². The van der Waals surface area contributed by atoms with Crippen LogP contribution in [0.1, 0.15) is 32.4 Å². The molecule has 4 N–H and O–H groups in total. The van der Waals surface area contributed by atoms with E-state index >= 15 is 0 Å². The van der Waals surface area contributed by atoms with Gasteiger partial charge in [-0.2, -0.15) is 5.26 Å². The molecule has 0 aromatic carbocycles. The minimum absolute atomic E-state index is 0.109. The molecule has 5 nitrogen and oxygen atoms in total. The predicted octanol–water partition coefficient (Wildman–Crippen LogP) is 1.50. The SMILES string of the molecule is CCC(C)(CCO)Nc1ccc(N)c(C#N)n1. The Hall–Kier alpha value is -1.80. The Kier molecular flexibility index (Phi) is 4.30. The summed E-state index contributed by atoms with van der Waals surface area (Å²) in [6.07, 6.45) is 1.47. The molecule has 92 valence electrons. The van der Waals surface area contributed by atoms with E-state index in [-0.39, 0.29) is 17.8 Å². The summed E-state index contributed by atoms with van der Waals surface area (Å²) in [5.41, 5.74) is 5.96. The topological polar surface area (TPSA) is 95.0 Å². The smallest absolute Gasteiger partial charge is 0.165 e. The second kappa shape index (κ2) is 5.51. The van der Waals surface area contributed by atoms with Crippen LogP contribution in [0.4, 0.5) is 11.5 Å². The number of pyridine rings is 1. The lowest BCUT2D eigenvalue weighted by Gasteiger charge is -2.29. The number of nitrogens with one attached hydrogen (secondary N) is 1. The van der Waals surface area contributed by atoms with Gasteiger partial charge in [-0.3, -0.25) is 0 Å². The summed E-state index contributed by atoms with van der Waals surface area (Å²) >= 11 is 0. The third-order valence-electron chi connectivity index (χ3n) is 2.91. The first-order valence-electron chi connectivity index (χ1n) is 5.60. The first-order valence-corrected chi connectivity index (χ1v) is 5.60. The van der Waals surface area contributed by atoms with Crippen molar-refractivity contribution in [2.75, 3.05) is 17.7 Å². The molecule has 1 rings (SSSR count). The normalized spacial score (nSPS) is 13.8. The fourth-order valence-corrected chi connectivity index (χ4v) is 1.51.